The second-order valence-corrected chi connectivity index (χ2v) is 6.06. The topological polar surface area (TPSA) is 26.3 Å². The average Bonchev–Trinajstić information content (AvgIpc) is 2.45. The van der Waals surface area contributed by atoms with Crippen molar-refractivity contribution in [1.29, 1.82) is 0 Å². The van der Waals surface area contributed by atoms with E-state index in [-0.39, 0.29) is 18.5 Å². The largest absolute Gasteiger partial charge is 0.370 e. The first kappa shape index (κ1) is 14.7. The molecule has 0 bridgehead atoms. The van der Waals surface area contributed by atoms with Crippen LogP contribution in [0.25, 0.3) is 0 Å². The fourth-order valence-electron chi connectivity index (χ4n) is 2.81. The normalized spacial score (nSPS) is 23.3. The Bertz CT molecular complexity index is 431. The number of hydrogen-bond acceptors (Lipinski definition) is 2. The highest BCUT2D eigenvalue weighted by molar-refractivity contribution is 9.10. The van der Waals surface area contributed by atoms with E-state index in [1.807, 2.05) is 24.3 Å². The Morgan fingerprint density at radius 3 is 2.79 bits per heavy atom. The van der Waals surface area contributed by atoms with Gasteiger partial charge in [0.25, 0.3) is 0 Å². The van der Waals surface area contributed by atoms with Crippen molar-refractivity contribution >= 4 is 21.7 Å². The number of carbonyl (C=O) groups is 1. The number of ether oxygens (including phenoxy) is 1. The van der Waals surface area contributed by atoms with E-state index >= 15 is 0 Å². The zero-order chi connectivity index (χ0) is 13.7. The monoisotopic (exact) mass is 324 g/mol. The lowest BCUT2D eigenvalue weighted by atomic mass is 9.85. The Balaban J connectivity index is 1.91. The van der Waals surface area contributed by atoms with Crippen molar-refractivity contribution < 1.29 is 9.53 Å². The molecule has 0 N–H and O–H groups in total. The number of hydrogen-bond donors (Lipinski definition) is 0. The number of rotatable bonds is 5. The Hall–Kier alpha value is -0.670. The number of benzene rings is 1. The number of halogens is 1. The standard InChI is InChI=1S/C16H21BrO2/c1-2-12-7-3-6-10-16(12)19-11-15(18)13-8-4-5-9-14(13)17/h4-5,8-9,12,16H,2-3,6-7,10-11H2,1H3. The Labute approximate surface area is 123 Å². The van der Waals surface area contributed by atoms with Crippen LogP contribution in [0.2, 0.25) is 0 Å². The third-order valence-electron chi connectivity index (χ3n) is 3.97. The molecule has 1 aliphatic carbocycles. The van der Waals surface area contributed by atoms with Gasteiger partial charge in [0.1, 0.15) is 6.61 Å². The van der Waals surface area contributed by atoms with Gasteiger partial charge in [-0.1, -0.05) is 60.3 Å². The predicted molar refractivity (Wildman–Crippen MR) is 80.5 cm³/mol. The summed E-state index contributed by atoms with van der Waals surface area (Å²) in [5, 5.41) is 0. The summed E-state index contributed by atoms with van der Waals surface area (Å²) in [5.74, 6) is 0.689. The maximum absolute atomic E-state index is 12.1. The summed E-state index contributed by atoms with van der Waals surface area (Å²) < 4.78 is 6.73. The molecule has 1 aliphatic rings. The van der Waals surface area contributed by atoms with Crippen molar-refractivity contribution in [3.05, 3.63) is 34.3 Å². The molecular weight excluding hydrogens is 304 g/mol. The summed E-state index contributed by atoms with van der Waals surface area (Å²) in [5.41, 5.74) is 0.714. The third kappa shape index (κ3) is 3.90. The second-order valence-electron chi connectivity index (χ2n) is 5.21. The minimum atomic E-state index is 0.0629. The van der Waals surface area contributed by atoms with Crippen LogP contribution in [0, 0.1) is 5.92 Å². The van der Waals surface area contributed by atoms with Crippen LogP contribution in [0.1, 0.15) is 49.4 Å². The molecule has 104 valence electrons. The van der Waals surface area contributed by atoms with Crippen LogP contribution < -0.4 is 0 Å². The van der Waals surface area contributed by atoms with Gasteiger partial charge in [-0.3, -0.25) is 4.79 Å². The van der Waals surface area contributed by atoms with E-state index in [9.17, 15) is 4.79 Å². The minimum Gasteiger partial charge on any atom is -0.370 e. The number of ketones is 1. The first-order chi connectivity index (χ1) is 9.22. The van der Waals surface area contributed by atoms with E-state index in [1.165, 1.54) is 19.3 Å². The van der Waals surface area contributed by atoms with Crippen molar-refractivity contribution in [3.8, 4) is 0 Å². The van der Waals surface area contributed by atoms with Crippen LogP contribution in [0.5, 0.6) is 0 Å². The molecule has 1 fully saturated rings. The SMILES string of the molecule is CCC1CCCCC1OCC(=O)c1ccccc1Br. The van der Waals surface area contributed by atoms with Crippen molar-refractivity contribution in [3.63, 3.8) is 0 Å². The quantitative estimate of drug-likeness (QED) is 0.739. The molecule has 2 atom stereocenters. The van der Waals surface area contributed by atoms with Gasteiger partial charge in [0.2, 0.25) is 0 Å². The molecule has 0 radical (unpaired) electrons. The van der Waals surface area contributed by atoms with Crippen LogP contribution in [-0.2, 0) is 4.74 Å². The minimum absolute atomic E-state index is 0.0629. The van der Waals surface area contributed by atoms with E-state index in [2.05, 4.69) is 22.9 Å². The molecule has 0 aromatic heterocycles. The Kier molecular flexibility index (Phi) is 5.59. The summed E-state index contributed by atoms with van der Waals surface area (Å²) in [6.07, 6.45) is 6.28. The highest BCUT2D eigenvalue weighted by Gasteiger charge is 2.25. The maximum atomic E-state index is 12.1. The molecule has 2 unspecified atom stereocenters. The molecule has 1 saturated carbocycles. The fraction of sp³-hybridized carbons (Fsp3) is 0.562. The lowest BCUT2D eigenvalue weighted by molar-refractivity contribution is -0.00572. The smallest absolute Gasteiger partial charge is 0.189 e. The van der Waals surface area contributed by atoms with Crippen molar-refractivity contribution in [2.75, 3.05) is 6.61 Å². The molecule has 0 heterocycles. The van der Waals surface area contributed by atoms with E-state index in [1.54, 1.807) is 0 Å². The van der Waals surface area contributed by atoms with Crippen LogP contribution >= 0.6 is 15.9 Å². The van der Waals surface area contributed by atoms with Crippen molar-refractivity contribution in [2.24, 2.45) is 5.92 Å². The summed E-state index contributed by atoms with van der Waals surface area (Å²) in [6.45, 7) is 2.41. The number of Topliss-reactive ketones (excluding diaryl/α,β-unsaturated/α-hetero) is 1. The molecule has 1 aromatic carbocycles. The van der Waals surface area contributed by atoms with Crippen LogP contribution in [0.4, 0.5) is 0 Å². The molecular formula is C16H21BrO2. The van der Waals surface area contributed by atoms with Gasteiger partial charge in [-0.15, -0.1) is 0 Å². The van der Waals surface area contributed by atoms with Crippen LogP contribution in [0.15, 0.2) is 28.7 Å². The second kappa shape index (κ2) is 7.20. The van der Waals surface area contributed by atoms with Crippen molar-refractivity contribution in [2.45, 2.75) is 45.1 Å². The summed E-state index contributed by atoms with van der Waals surface area (Å²) in [4.78, 5) is 12.1. The molecule has 0 amide bonds. The van der Waals surface area contributed by atoms with E-state index in [0.717, 1.165) is 17.3 Å². The summed E-state index contributed by atoms with van der Waals surface area (Å²) in [6, 6.07) is 7.53. The molecule has 0 saturated heterocycles. The molecule has 3 heteroatoms. The number of carbonyl (C=O) groups excluding carboxylic acids is 1. The maximum Gasteiger partial charge on any atom is 0.189 e. The van der Waals surface area contributed by atoms with E-state index in [0.29, 0.717) is 11.5 Å². The highest BCUT2D eigenvalue weighted by atomic mass is 79.9. The van der Waals surface area contributed by atoms with E-state index < -0.39 is 0 Å². The van der Waals surface area contributed by atoms with Gasteiger partial charge in [0.15, 0.2) is 5.78 Å². The highest BCUT2D eigenvalue weighted by Crippen LogP contribution is 2.29. The predicted octanol–water partition coefficient (Wildman–Crippen LogP) is 4.62. The molecule has 19 heavy (non-hydrogen) atoms. The Morgan fingerprint density at radius 2 is 2.05 bits per heavy atom. The lowest BCUT2D eigenvalue weighted by Gasteiger charge is -2.30. The van der Waals surface area contributed by atoms with Gasteiger partial charge >= 0.3 is 0 Å². The molecule has 2 rings (SSSR count). The van der Waals surface area contributed by atoms with Gasteiger partial charge in [-0.05, 0) is 24.8 Å². The van der Waals surface area contributed by atoms with Gasteiger partial charge < -0.3 is 4.74 Å². The first-order valence-electron chi connectivity index (χ1n) is 7.11. The molecule has 0 aliphatic heterocycles. The molecule has 1 aromatic rings. The van der Waals surface area contributed by atoms with Crippen LogP contribution in [-0.4, -0.2) is 18.5 Å². The van der Waals surface area contributed by atoms with Gasteiger partial charge in [0, 0.05) is 10.0 Å². The summed E-state index contributed by atoms with van der Waals surface area (Å²) in [7, 11) is 0. The van der Waals surface area contributed by atoms with Crippen molar-refractivity contribution in [1.82, 2.24) is 0 Å². The zero-order valence-corrected chi connectivity index (χ0v) is 13.0. The average molecular weight is 325 g/mol. The van der Waals surface area contributed by atoms with Gasteiger partial charge in [-0.2, -0.15) is 0 Å². The lowest BCUT2D eigenvalue weighted by Crippen LogP contribution is -2.29. The zero-order valence-electron chi connectivity index (χ0n) is 11.4. The fourth-order valence-corrected chi connectivity index (χ4v) is 3.31. The molecule has 0 spiro atoms. The first-order valence-corrected chi connectivity index (χ1v) is 7.91. The van der Waals surface area contributed by atoms with Crippen LogP contribution in [0.3, 0.4) is 0 Å². The van der Waals surface area contributed by atoms with E-state index in [4.69, 9.17) is 4.74 Å². The van der Waals surface area contributed by atoms with Gasteiger partial charge in [0.05, 0.1) is 6.10 Å². The third-order valence-corrected chi connectivity index (χ3v) is 4.66. The Morgan fingerprint density at radius 1 is 1.32 bits per heavy atom. The summed E-state index contributed by atoms with van der Waals surface area (Å²) >= 11 is 3.41. The molecule has 2 nitrogen and oxygen atoms in total. The van der Waals surface area contributed by atoms with Gasteiger partial charge in [-0.25, -0.2) is 0 Å².